The highest BCUT2D eigenvalue weighted by atomic mass is 35.5. The summed E-state index contributed by atoms with van der Waals surface area (Å²) in [5.74, 6) is 0.625. The average molecular weight is 250 g/mol. The Morgan fingerprint density at radius 3 is 2.71 bits per heavy atom. The zero-order valence-electron chi connectivity index (χ0n) is 9.39. The highest BCUT2D eigenvalue weighted by molar-refractivity contribution is 6.33. The van der Waals surface area contributed by atoms with Crippen molar-refractivity contribution in [1.82, 2.24) is 4.90 Å². The van der Waals surface area contributed by atoms with Crippen molar-refractivity contribution in [2.24, 2.45) is 0 Å². The zero-order valence-corrected chi connectivity index (χ0v) is 10.1. The molecule has 0 fully saturated rings. The van der Waals surface area contributed by atoms with E-state index in [9.17, 15) is 4.79 Å². The zero-order chi connectivity index (χ0) is 12.3. The number of rotatable bonds is 3. The van der Waals surface area contributed by atoms with Gasteiger partial charge in [-0.15, -0.1) is 0 Å². The standard InChI is InChI=1S/C13H12ClNO2/c1-15(9-10-5-4-8-17-10)13(16)11-6-2-3-7-12(11)14/h2-8H,9H2,1H3. The summed E-state index contributed by atoms with van der Waals surface area (Å²) < 4.78 is 5.19. The average Bonchev–Trinajstić information content (AvgIpc) is 2.81. The quantitative estimate of drug-likeness (QED) is 0.837. The van der Waals surface area contributed by atoms with Crippen LogP contribution < -0.4 is 0 Å². The minimum Gasteiger partial charge on any atom is -0.467 e. The van der Waals surface area contributed by atoms with Gasteiger partial charge in [0.1, 0.15) is 5.76 Å². The lowest BCUT2D eigenvalue weighted by Gasteiger charge is -2.16. The maximum atomic E-state index is 12.1. The van der Waals surface area contributed by atoms with Crippen molar-refractivity contribution in [3.8, 4) is 0 Å². The molecule has 0 saturated carbocycles. The second kappa shape index (κ2) is 5.06. The van der Waals surface area contributed by atoms with E-state index in [1.165, 1.54) is 0 Å². The van der Waals surface area contributed by atoms with E-state index in [-0.39, 0.29) is 5.91 Å². The van der Waals surface area contributed by atoms with Gasteiger partial charge in [0, 0.05) is 7.05 Å². The van der Waals surface area contributed by atoms with Gasteiger partial charge in [-0.2, -0.15) is 0 Å². The lowest BCUT2D eigenvalue weighted by molar-refractivity contribution is 0.0775. The molecule has 2 rings (SSSR count). The van der Waals surface area contributed by atoms with Gasteiger partial charge in [-0.1, -0.05) is 23.7 Å². The van der Waals surface area contributed by atoms with E-state index in [4.69, 9.17) is 16.0 Å². The maximum Gasteiger partial charge on any atom is 0.255 e. The molecule has 4 heteroatoms. The molecule has 88 valence electrons. The van der Waals surface area contributed by atoms with E-state index in [0.717, 1.165) is 5.76 Å². The molecule has 1 heterocycles. The highest BCUT2D eigenvalue weighted by Gasteiger charge is 2.15. The summed E-state index contributed by atoms with van der Waals surface area (Å²) in [7, 11) is 1.72. The summed E-state index contributed by atoms with van der Waals surface area (Å²) in [4.78, 5) is 13.7. The van der Waals surface area contributed by atoms with E-state index in [2.05, 4.69) is 0 Å². The third kappa shape index (κ3) is 2.68. The predicted molar refractivity (Wildman–Crippen MR) is 66.0 cm³/mol. The van der Waals surface area contributed by atoms with Gasteiger partial charge in [-0.25, -0.2) is 0 Å². The Morgan fingerprint density at radius 2 is 2.06 bits per heavy atom. The minimum absolute atomic E-state index is 0.119. The van der Waals surface area contributed by atoms with E-state index >= 15 is 0 Å². The van der Waals surface area contributed by atoms with Gasteiger partial charge in [0.25, 0.3) is 5.91 Å². The molecule has 0 bridgehead atoms. The molecule has 0 saturated heterocycles. The van der Waals surface area contributed by atoms with Crippen LogP contribution >= 0.6 is 11.6 Å². The fourth-order valence-electron chi connectivity index (χ4n) is 1.55. The van der Waals surface area contributed by atoms with Crippen molar-refractivity contribution in [3.63, 3.8) is 0 Å². The number of furan rings is 1. The van der Waals surface area contributed by atoms with Gasteiger partial charge in [-0.3, -0.25) is 4.79 Å². The third-order valence-corrected chi connectivity index (χ3v) is 2.75. The number of carbonyl (C=O) groups is 1. The van der Waals surface area contributed by atoms with Gasteiger partial charge in [0.2, 0.25) is 0 Å². The molecule has 0 radical (unpaired) electrons. The topological polar surface area (TPSA) is 33.5 Å². The monoisotopic (exact) mass is 249 g/mol. The van der Waals surface area contributed by atoms with Crippen LogP contribution in [0.5, 0.6) is 0 Å². The van der Waals surface area contributed by atoms with Gasteiger partial charge < -0.3 is 9.32 Å². The molecule has 17 heavy (non-hydrogen) atoms. The summed E-state index contributed by atoms with van der Waals surface area (Å²) in [6, 6.07) is 10.6. The maximum absolute atomic E-state index is 12.1. The van der Waals surface area contributed by atoms with Crippen molar-refractivity contribution < 1.29 is 9.21 Å². The Kier molecular flexibility index (Phi) is 3.49. The second-order valence-corrected chi connectivity index (χ2v) is 4.13. The SMILES string of the molecule is CN(Cc1ccco1)C(=O)c1ccccc1Cl. The fraction of sp³-hybridized carbons (Fsp3) is 0.154. The normalized spacial score (nSPS) is 10.2. The fourth-order valence-corrected chi connectivity index (χ4v) is 1.76. The Labute approximate surface area is 105 Å². The summed E-state index contributed by atoms with van der Waals surface area (Å²) in [6.45, 7) is 0.428. The summed E-state index contributed by atoms with van der Waals surface area (Å²) in [6.07, 6.45) is 1.59. The molecule has 3 nitrogen and oxygen atoms in total. The van der Waals surface area contributed by atoms with Gasteiger partial charge in [0.15, 0.2) is 0 Å². The van der Waals surface area contributed by atoms with Crippen molar-refractivity contribution >= 4 is 17.5 Å². The molecule has 0 aliphatic rings. The Hall–Kier alpha value is -1.74. The van der Waals surface area contributed by atoms with Crippen LogP contribution in [0.2, 0.25) is 5.02 Å². The molecule has 0 aliphatic carbocycles. The molecule has 0 unspecified atom stereocenters. The number of carbonyl (C=O) groups excluding carboxylic acids is 1. The largest absolute Gasteiger partial charge is 0.467 e. The Balaban J connectivity index is 2.13. The van der Waals surface area contributed by atoms with Crippen LogP contribution in [0, 0.1) is 0 Å². The predicted octanol–water partition coefficient (Wildman–Crippen LogP) is 3.21. The number of halogens is 1. The number of hydrogen-bond acceptors (Lipinski definition) is 2. The third-order valence-electron chi connectivity index (χ3n) is 2.42. The first-order valence-corrected chi connectivity index (χ1v) is 5.58. The molecule has 1 aromatic carbocycles. The van der Waals surface area contributed by atoms with E-state index in [0.29, 0.717) is 17.1 Å². The molecule has 1 amide bonds. The first-order chi connectivity index (χ1) is 8.18. The van der Waals surface area contributed by atoms with Crippen molar-refractivity contribution in [2.75, 3.05) is 7.05 Å². The highest BCUT2D eigenvalue weighted by Crippen LogP contribution is 2.17. The summed E-state index contributed by atoms with van der Waals surface area (Å²) in [5.41, 5.74) is 0.503. The van der Waals surface area contributed by atoms with Crippen LogP contribution in [-0.4, -0.2) is 17.9 Å². The number of benzene rings is 1. The van der Waals surface area contributed by atoms with E-state index in [1.54, 1.807) is 48.5 Å². The van der Waals surface area contributed by atoms with E-state index in [1.807, 2.05) is 6.07 Å². The number of hydrogen-bond donors (Lipinski definition) is 0. The molecule has 0 aliphatic heterocycles. The number of amides is 1. The summed E-state index contributed by atoms with van der Waals surface area (Å²) >= 11 is 5.97. The van der Waals surface area contributed by atoms with Gasteiger partial charge in [0.05, 0.1) is 23.4 Å². The van der Waals surface area contributed by atoms with Crippen molar-refractivity contribution in [1.29, 1.82) is 0 Å². The molecule has 0 atom stereocenters. The molecule has 2 aromatic rings. The molecular weight excluding hydrogens is 238 g/mol. The molecule has 0 N–H and O–H groups in total. The smallest absolute Gasteiger partial charge is 0.255 e. The lowest BCUT2D eigenvalue weighted by atomic mass is 10.2. The molecule has 0 spiro atoms. The van der Waals surface area contributed by atoms with Crippen LogP contribution in [0.4, 0.5) is 0 Å². The second-order valence-electron chi connectivity index (χ2n) is 3.72. The summed E-state index contributed by atoms with van der Waals surface area (Å²) in [5, 5.41) is 0.462. The first-order valence-electron chi connectivity index (χ1n) is 5.21. The van der Waals surface area contributed by atoms with Gasteiger partial charge >= 0.3 is 0 Å². The van der Waals surface area contributed by atoms with Crippen LogP contribution in [0.1, 0.15) is 16.1 Å². The first kappa shape index (κ1) is 11.7. The van der Waals surface area contributed by atoms with Crippen molar-refractivity contribution in [3.05, 3.63) is 59.0 Å². The Bertz CT molecular complexity index is 508. The minimum atomic E-state index is -0.119. The number of nitrogens with zero attached hydrogens (tertiary/aromatic N) is 1. The van der Waals surface area contributed by atoms with Crippen LogP contribution in [0.15, 0.2) is 47.1 Å². The van der Waals surface area contributed by atoms with Crippen LogP contribution in [0.3, 0.4) is 0 Å². The van der Waals surface area contributed by atoms with Crippen molar-refractivity contribution in [2.45, 2.75) is 6.54 Å². The Morgan fingerprint density at radius 1 is 1.29 bits per heavy atom. The van der Waals surface area contributed by atoms with Crippen LogP contribution in [-0.2, 0) is 6.54 Å². The van der Waals surface area contributed by atoms with E-state index < -0.39 is 0 Å². The van der Waals surface area contributed by atoms with Gasteiger partial charge in [-0.05, 0) is 24.3 Å². The molecule has 1 aromatic heterocycles. The van der Waals surface area contributed by atoms with Crippen LogP contribution in [0.25, 0.3) is 0 Å². The molecular formula is C13H12ClNO2. The lowest BCUT2D eigenvalue weighted by Crippen LogP contribution is -2.26.